The van der Waals surface area contributed by atoms with Gasteiger partial charge in [0.1, 0.15) is 0 Å². The molecule has 0 nitrogen and oxygen atoms in total. The van der Waals surface area contributed by atoms with Crippen molar-refractivity contribution >= 4 is 0 Å². The summed E-state index contributed by atoms with van der Waals surface area (Å²) in [6.07, 6.45) is 8.66. The summed E-state index contributed by atoms with van der Waals surface area (Å²) < 4.78 is 0. The van der Waals surface area contributed by atoms with Crippen molar-refractivity contribution < 1.29 is 0 Å². The highest BCUT2D eigenvalue weighted by Crippen LogP contribution is 2.26. The highest BCUT2D eigenvalue weighted by Gasteiger charge is 2.09. The monoisotopic (exact) mass is 200 g/mol. The first-order valence-electron chi connectivity index (χ1n) is 5.69. The molecule has 0 fully saturated rings. The van der Waals surface area contributed by atoms with Gasteiger partial charge in [-0.3, -0.25) is 0 Å². The zero-order chi connectivity index (χ0) is 11.3. The average Bonchev–Trinajstić information content (AvgIpc) is 2.16. The third-order valence-electron chi connectivity index (χ3n) is 2.72. The molecule has 0 aromatic heterocycles. The van der Waals surface area contributed by atoms with Gasteiger partial charge in [-0.05, 0) is 31.7 Å². The fourth-order valence-corrected chi connectivity index (χ4v) is 2.12. The number of hydrogen-bond donors (Lipinski definition) is 0. The van der Waals surface area contributed by atoms with Gasteiger partial charge < -0.3 is 0 Å². The van der Waals surface area contributed by atoms with Crippen molar-refractivity contribution in [3.05, 3.63) is 34.9 Å². The molecule has 0 amide bonds. The molecule has 0 heterocycles. The van der Waals surface area contributed by atoms with Crippen LogP contribution in [0.15, 0.2) is 18.2 Å². The maximum Gasteiger partial charge on any atom is 0.0155 e. The topological polar surface area (TPSA) is 0 Å². The maximum absolute atomic E-state index is 5.42. The second-order valence-electron chi connectivity index (χ2n) is 4.31. The zero-order valence-corrected chi connectivity index (χ0v) is 10.0. The Morgan fingerprint density at radius 2 is 1.80 bits per heavy atom. The van der Waals surface area contributed by atoms with Crippen LogP contribution in [0.1, 0.15) is 48.8 Å². The van der Waals surface area contributed by atoms with Crippen molar-refractivity contribution in [3.8, 4) is 12.3 Å². The summed E-state index contributed by atoms with van der Waals surface area (Å²) in [5.41, 5.74) is 4.08. The van der Waals surface area contributed by atoms with Crippen LogP contribution in [-0.4, -0.2) is 0 Å². The van der Waals surface area contributed by atoms with Crippen LogP contribution >= 0.6 is 0 Å². The molecule has 15 heavy (non-hydrogen) atoms. The van der Waals surface area contributed by atoms with Crippen LogP contribution in [0.5, 0.6) is 0 Å². The van der Waals surface area contributed by atoms with Crippen LogP contribution in [0.3, 0.4) is 0 Å². The Hall–Kier alpha value is -1.22. The molecule has 1 aromatic carbocycles. The molecule has 0 aliphatic rings. The second kappa shape index (κ2) is 5.61. The Balaban J connectivity index is 2.95. The van der Waals surface area contributed by atoms with Crippen molar-refractivity contribution in [2.45, 2.75) is 46.0 Å². The molecule has 1 unspecified atom stereocenters. The summed E-state index contributed by atoms with van der Waals surface area (Å²) in [6, 6.07) is 6.75. The molecule has 0 saturated heterocycles. The average molecular weight is 200 g/mol. The van der Waals surface area contributed by atoms with Gasteiger partial charge in [0.25, 0.3) is 0 Å². The van der Waals surface area contributed by atoms with Gasteiger partial charge in [-0.25, -0.2) is 0 Å². The molecule has 0 saturated carbocycles. The first kappa shape index (κ1) is 11.9. The molecule has 0 N–H and O–H groups in total. The van der Waals surface area contributed by atoms with Crippen molar-refractivity contribution in [3.63, 3.8) is 0 Å². The molecule has 0 heteroatoms. The van der Waals surface area contributed by atoms with Gasteiger partial charge in [-0.15, -0.1) is 12.3 Å². The molecule has 0 aliphatic carbocycles. The molecule has 0 bridgehead atoms. The zero-order valence-electron chi connectivity index (χ0n) is 10.0. The minimum absolute atomic E-state index is 0.540. The van der Waals surface area contributed by atoms with Gasteiger partial charge in [-0.2, -0.15) is 0 Å². The van der Waals surface area contributed by atoms with Gasteiger partial charge in [0, 0.05) is 6.42 Å². The Morgan fingerprint density at radius 1 is 1.20 bits per heavy atom. The van der Waals surface area contributed by atoms with E-state index < -0.39 is 0 Å². The van der Waals surface area contributed by atoms with E-state index in [0.29, 0.717) is 5.92 Å². The highest BCUT2D eigenvalue weighted by molar-refractivity contribution is 5.31. The summed E-state index contributed by atoms with van der Waals surface area (Å²) >= 11 is 0. The van der Waals surface area contributed by atoms with Crippen LogP contribution in [0.2, 0.25) is 0 Å². The van der Waals surface area contributed by atoms with Gasteiger partial charge in [0.05, 0.1) is 0 Å². The molecular formula is C15H20. The minimum atomic E-state index is 0.540. The standard InChI is InChI=1S/C15H20/c1-5-7-14(8-6-2)15-10-12(3)9-13(4)11-15/h1,9-11,14H,6-8H2,2-4H3. The molecular weight excluding hydrogens is 180 g/mol. The van der Waals surface area contributed by atoms with Crippen LogP contribution in [0, 0.1) is 26.2 Å². The highest BCUT2D eigenvalue weighted by atomic mass is 14.1. The van der Waals surface area contributed by atoms with Crippen LogP contribution in [0.25, 0.3) is 0 Å². The summed E-state index contributed by atoms with van der Waals surface area (Å²) in [6.45, 7) is 6.51. The number of terminal acetylenes is 1. The van der Waals surface area contributed by atoms with Gasteiger partial charge in [0.2, 0.25) is 0 Å². The largest absolute Gasteiger partial charge is 0.120 e. The summed E-state index contributed by atoms with van der Waals surface area (Å²) in [5.74, 6) is 3.33. The summed E-state index contributed by atoms with van der Waals surface area (Å²) in [4.78, 5) is 0. The second-order valence-corrected chi connectivity index (χ2v) is 4.31. The van der Waals surface area contributed by atoms with E-state index >= 15 is 0 Å². The van der Waals surface area contributed by atoms with Crippen molar-refractivity contribution in [2.24, 2.45) is 0 Å². The Labute approximate surface area is 93.7 Å². The third kappa shape index (κ3) is 3.44. The molecule has 0 aliphatic heterocycles. The van der Waals surface area contributed by atoms with E-state index in [1.807, 2.05) is 0 Å². The Bertz CT molecular complexity index is 335. The predicted molar refractivity (Wildman–Crippen MR) is 67.0 cm³/mol. The number of aryl methyl sites for hydroxylation is 2. The van der Waals surface area contributed by atoms with Crippen LogP contribution in [-0.2, 0) is 0 Å². The lowest BCUT2D eigenvalue weighted by atomic mass is 9.90. The van der Waals surface area contributed by atoms with Crippen LogP contribution < -0.4 is 0 Å². The maximum atomic E-state index is 5.42. The lowest BCUT2D eigenvalue weighted by Crippen LogP contribution is -1.98. The Kier molecular flexibility index (Phi) is 4.43. The summed E-state index contributed by atoms with van der Waals surface area (Å²) in [7, 11) is 0. The predicted octanol–water partition coefficient (Wildman–Crippen LogP) is 4.21. The number of benzene rings is 1. The van der Waals surface area contributed by atoms with E-state index in [-0.39, 0.29) is 0 Å². The van der Waals surface area contributed by atoms with Gasteiger partial charge in [-0.1, -0.05) is 42.7 Å². The van der Waals surface area contributed by atoms with E-state index in [1.165, 1.54) is 29.5 Å². The first-order chi connectivity index (χ1) is 7.17. The van der Waals surface area contributed by atoms with E-state index in [1.54, 1.807) is 0 Å². The Morgan fingerprint density at radius 3 is 2.27 bits per heavy atom. The lowest BCUT2D eigenvalue weighted by molar-refractivity contribution is 0.627. The fourth-order valence-electron chi connectivity index (χ4n) is 2.12. The molecule has 0 radical (unpaired) electrons. The normalized spacial score (nSPS) is 12.1. The van der Waals surface area contributed by atoms with Crippen LogP contribution in [0.4, 0.5) is 0 Å². The van der Waals surface area contributed by atoms with Crippen molar-refractivity contribution in [2.75, 3.05) is 0 Å². The van der Waals surface area contributed by atoms with E-state index in [4.69, 9.17) is 6.42 Å². The van der Waals surface area contributed by atoms with E-state index in [2.05, 4.69) is 44.9 Å². The SMILES string of the molecule is C#CCC(CCC)c1cc(C)cc(C)c1. The molecule has 1 rings (SSSR count). The quantitative estimate of drug-likeness (QED) is 0.639. The number of rotatable bonds is 4. The minimum Gasteiger partial charge on any atom is -0.120 e. The molecule has 1 atom stereocenters. The smallest absolute Gasteiger partial charge is 0.0155 e. The molecule has 0 spiro atoms. The molecule has 1 aromatic rings. The first-order valence-corrected chi connectivity index (χ1v) is 5.69. The van der Waals surface area contributed by atoms with Crippen molar-refractivity contribution in [1.82, 2.24) is 0 Å². The number of hydrogen-bond acceptors (Lipinski definition) is 0. The third-order valence-corrected chi connectivity index (χ3v) is 2.72. The van der Waals surface area contributed by atoms with E-state index in [0.717, 1.165) is 6.42 Å². The lowest BCUT2D eigenvalue weighted by Gasteiger charge is -2.15. The fraction of sp³-hybridized carbons (Fsp3) is 0.467. The summed E-state index contributed by atoms with van der Waals surface area (Å²) in [5, 5.41) is 0. The van der Waals surface area contributed by atoms with Gasteiger partial charge in [0.15, 0.2) is 0 Å². The van der Waals surface area contributed by atoms with Crippen molar-refractivity contribution in [1.29, 1.82) is 0 Å². The van der Waals surface area contributed by atoms with E-state index in [9.17, 15) is 0 Å². The molecule has 80 valence electrons. The van der Waals surface area contributed by atoms with Gasteiger partial charge >= 0.3 is 0 Å².